The minimum absolute atomic E-state index is 0. The molecule has 32 heavy (non-hydrogen) atoms. The standard InChI is InChI=1S/C23H30F2N4O2.HI/c1-26-23(27-14-18-5-4-8-21(13-18)31-17-22(24)25)28-15-19-6-2-3-7-20(19)16-29-9-11-30-12-10-29;/h2-8,13,22H,9-12,14-17H2,1H3,(H2,26,27,28);1H. The molecule has 0 aliphatic carbocycles. The number of ether oxygens (including phenoxy) is 2. The van der Waals surface area contributed by atoms with Crippen molar-refractivity contribution in [3.05, 3.63) is 65.2 Å². The number of aliphatic imine (C=N–C) groups is 1. The molecule has 1 heterocycles. The molecule has 0 bridgehead atoms. The minimum atomic E-state index is -2.49. The molecular weight excluding hydrogens is 529 g/mol. The van der Waals surface area contributed by atoms with Crippen LogP contribution in [0.3, 0.4) is 0 Å². The minimum Gasteiger partial charge on any atom is -0.488 e. The van der Waals surface area contributed by atoms with Crippen molar-refractivity contribution < 1.29 is 18.3 Å². The number of halogens is 3. The van der Waals surface area contributed by atoms with Crippen molar-refractivity contribution >= 4 is 29.9 Å². The fourth-order valence-corrected chi connectivity index (χ4v) is 3.37. The van der Waals surface area contributed by atoms with Crippen LogP contribution in [0, 0.1) is 0 Å². The topological polar surface area (TPSA) is 58.1 Å². The van der Waals surface area contributed by atoms with Gasteiger partial charge in [-0.05, 0) is 28.8 Å². The molecule has 0 spiro atoms. The average Bonchev–Trinajstić information content (AvgIpc) is 2.80. The summed E-state index contributed by atoms with van der Waals surface area (Å²) in [5.74, 6) is 1.10. The zero-order chi connectivity index (χ0) is 21.9. The van der Waals surface area contributed by atoms with Crippen molar-refractivity contribution in [2.75, 3.05) is 40.0 Å². The van der Waals surface area contributed by atoms with Crippen LogP contribution in [0.25, 0.3) is 0 Å². The predicted octanol–water partition coefficient (Wildman–Crippen LogP) is 3.65. The van der Waals surface area contributed by atoms with Gasteiger partial charge in [0.25, 0.3) is 6.43 Å². The lowest BCUT2D eigenvalue weighted by atomic mass is 10.1. The maximum Gasteiger partial charge on any atom is 0.272 e. The summed E-state index contributed by atoms with van der Waals surface area (Å²) < 4.78 is 35.2. The molecule has 176 valence electrons. The number of guanidine groups is 1. The largest absolute Gasteiger partial charge is 0.488 e. The average molecular weight is 560 g/mol. The number of rotatable bonds is 9. The maximum absolute atomic E-state index is 12.3. The lowest BCUT2D eigenvalue weighted by molar-refractivity contribution is 0.0341. The Morgan fingerprint density at radius 2 is 1.78 bits per heavy atom. The van der Waals surface area contributed by atoms with E-state index in [-0.39, 0.29) is 24.0 Å². The quantitative estimate of drug-likeness (QED) is 0.279. The third-order valence-corrected chi connectivity index (χ3v) is 5.02. The molecule has 6 nitrogen and oxygen atoms in total. The fourth-order valence-electron chi connectivity index (χ4n) is 3.37. The summed E-state index contributed by atoms with van der Waals surface area (Å²) in [5, 5.41) is 6.61. The summed E-state index contributed by atoms with van der Waals surface area (Å²) in [6.45, 7) is 4.91. The second-order valence-corrected chi connectivity index (χ2v) is 7.29. The highest BCUT2D eigenvalue weighted by Crippen LogP contribution is 2.15. The summed E-state index contributed by atoms with van der Waals surface area (Å²) in [7, 11) is 1.72. The van der Waals surface area contributed by atoms with E-state index in [0.29, 0.717) is 24.8 Å². The van der Waals surface area contributed by atoms with E-state index in [4.69, 9.17) is 9.47 Å². The van der Waals surface area contributed by atoms with E-state index in [2.05, 4.69) is 38.7 Å². The van der Waals surface area contributed by atoms with Crippen molar-refractivity contribution in [3.63, 3.8) is 0 Å². The Bertz CT molecular complexity index is 848. The zero-order valence-electron chi connectivity index (χ0n) is 18.2. The lowest BCUT2D eigenvalue weighted by Crippen LogP contribution is -2.37. The number of alkyl halides is 2. The maximum atomic E-state index is 12.3. The van der Waals surface area contributed by atoms with Gasteiger partial charge in [-0.3, -0.25) is 9.89 Å². The van der Waals surface area contributed by atoms with E-state index >= 15 is 0 Å². The fraction of sp³-hybridized carbons (Fsp3) is 0.435. The Morgan fingerprint density at radius 3 is 2.50 bits per heavy atom. The molecule has 0 saturated carbocycles. The number of nitrogens with zero attached hydrogens (tertiary/aromatic N) is 2. The first-order valence-corrected chi connectivity index (χ1v) is 10.5. The molecule has 0 atom stereocenters. The second-order valence-electron chi connectivity index (χ2n) is 7.29. The third kappa shape index (κ3) is 8.87. The summed E-state index contributed by atoms with van der Waals surface area (Å²) >= 11 is 0. The molecule has 9 heteroatoms. The van der Waals surface area contributed by atoms with Crippen molar-refractivity contribution in [2.45, 2.75) is 26.1 Å². The molecule has 1 fully saturated rings. The molecule has 0 unspecified atom stereocenters. The summed E-state index contributed by atoms with van der Waals surface area (Å²) in [6.07, 6.45) is -2.49. The number of hydrogen-bond donors (Lipinski definition) is 2. The van der Waals surface area contributed by atoms with E-state index in [0.717, 1.165) is 38.4 Å². The van der Waals surface area contributed by atoms with Gasteiger partial charge < -0.3 is 20.1 Å². The van der Waals surface area contributed by atoms with Gasteiger partial charge in [-0.15, -0.1) is 24.0 Å². The molecule has 2 aromatic carbocycles. The van der Waals surface area contributed by atoms with Gasteiger partial charge in [-0.1, -0.05) is 36.4 Å². The molecule has 1 aliphatic rings. The van der Waals surface area contributed by atoms with Crippen molar-refractivity contribution in [3.8, 4) is 5.75 Å². The second kappa shape index (κ2) is 14.2. The van der Waals surface area contributed by atoms with Crippen LogP contribution in [0.2, 0.25) is 0 Å². The lowest BCUT2D eigenvalue weighted by Gasteiger charge is -2.27. The van der Waals surface area contributed by atoms with E-state index < -0.39 is 13.0 Å². The Morgan fingerprint density at radius 1 is 1.06 bits per heavy atom. The van der Waals surface area contributed by atoms with Gasteiger partial charge in [0.1, 0.15) is 12.4 Å². The molecule has 0 aromatic heterocycles. The summed E-state index contributed by atoms with van der Waals surface area (Å²) in [6, 6.07) is 15.5. The number of benzene rings is 2. The molecule has 0 amide bonds. The van der Waals surface area contributed by atoms with Crippen LogP contribution in [0.4, 0.5) is 8.78 Å². The SMILES string of the molecule is CN=C(NCc1cccc(OCC(F)F)c1)NCc1ccccc1CN1CCOCC1.I. The van der Waals surface area contributed by atoms with Crippen LogP contribution < -0.4 is 15.4 Å². The van der Waals surface area contributed by atoms with Crippen LogP contribution in [0.1, 0.15) is 16.7 Å². The van der Waals surface area contributed by atoms with Gasteiger partial charge in [-0.25, -0.2) is 8.78 Å². The molecule has 1 saturated heterocycles. The van der Waals surface area contributed by atoms with Gasteiger partial charge >= 0.3 is 0 Å². The van der Waals surface area contributed by atoms with Gasteiger partial charge in [0.15, 0.2) is 5.96 Å². The Kier molecular flexibility index (Phi) is 11.7. The molecule has 2 aromatic rings. The Labute approximate surface area is 205 Å². The van der Waals surface area contributed by atoms with Crippen molar-refractivity contribution in [1.82, 2.24) is 15.5 Å². The molecule has 1 aliphatic heterocycles. The van der Waals surface area contributed by atoms with E-state index in [1.54, 1.807) is 25.2 Å². The third-order valence-electron chi connectivity index (χ3n) is 5.02. The first kappa shape index (κ1) is 26.3. The van der Waals surface area contributed by atoms with E-state index in [1.165, 1.54) is 11.1 Å². The molecule has 0 radical (unpaired) electrons. The number of morpholine rings is 1. The first-order chi connectivity index (χ1) is 15.1. The van der Waals surface area contributed by atoms with Gasteiger partial charge in [0.2, 0.25) is 0 Å². The zero-order valence-corrected chi connectivity index (χ0v) is 20.6. The number of nitrogens with one attached hydrogen (secondary N) is 2. The normalized spacial score (nSPS) is 14.7. The monoisotopic (exact) mass is 560 g/mol. The summed E-state index contributed by atoms with van der Waals surface area (Å²) in [5.41, 5.74) is 3.43. The Hall–Kier alpha value is -1.98. The van der Waals surface area contributed by atoms with Crippen LogP contribution >= 0.6 is 24.0 Å². The highest BCUT2D eigenvalue weighted by Gasteiger charge is 2.13. The molecule has 2 N–H and O–H groups in total. The van der Waals surface area contributed by atoms with Crippen LogP contribution in [-0.2, 0) is 24.4 Å². The van der Waals surface area contributed by atoms with Crippen LogP contribution in [-0.4, -0.2) is 57.2 Å². The number of hydrogen-bond acceptors (Lipinski definition) is 4. The van der Waals surface area contributed by atoms with Crippen molar-refractivity contribution in [2.24, 2.45) is 4.99 Å². The van der Waals surface area contributed by atoms with Gasteiger partial charge in [0, 0.05) is 39.8 Å². The van der Waals surface area contributed by atoms with Gasteiger partial charge in [-0.2, -0.15) is 0 Å². The molecular formula is C23H31F2IN4O2. The van der Waals surface area contributed by atoms with E-state index in [9.17, 15) is 8.78 Å². The highest BCUT2D eigenvalue weighted by atomic mass is 127. The predicted molar refractivity (Wildman–Crippen MR) is 133 cm³/mol. The van der Waals surface area contributed by atoms with Crippen molar-refractivity contribution in [1.29, 1.82) is 0 Å². The smallest absolute Gasteiger partial charge is 0.272 e. The summed E-state index contributed by atoms with van der Waals surface area (Å²) in [4.78, 5) is 6.68. The van der Waals surface area contributed by atoms with E-state index in [1.807, 2.05) is 12.1 Å². The first-order valence-electron chi connectivity index (χ1n) is 10.5. The van der Waals surface area contributed by atoms with Crippen LogP contribution in [0.15, 0.2) is 53.5 Å². The molecule has 3 rings (SSSR count). The highest BCUT2D eigenvalue weighted by molar-refractivity contribution is 14.0. The van der Waals surface area contributed by atoms with Crippen LogP contribution in [0.5, 0.6) is 5.75 Å². The van der Waals surface area contributed by atoms with Gasteiger partial charge in [0.05, 0.1) is 13.2 Å². The Balaban J connectivity index is 0.00000363.